The molecule has 0 aliphatic heterocycles. The average Bonchev–Trinajstić information content (AvgIpc) is 3.41. The molecule has 136 valence electrons. The summed E-state index contributed by atoms with van der Waals surface area (Å²) < 4.78 is 18.5. The van der Waals surface area contributed by atoms with Crippen LogP contribution < -0.4 is 15.4 Å². The van der Waals surface area contributed by atoms with E-state index in [0.717, 1.165) is 5.75 Å². The first-order chi connectivity index (χ1) is 12.5. The highest BCUT2D eigenvalue weighted by molar-refractivity contribution is 6.31. The maximum absolute atomic E-state index is 13.1. The van der Waals surface area contributed by atoms with E-state index in [1.807, 2.05) is 6.92 Å². The van der Waals surface area contributed by atoms with E-state index in [9.17, 15) is 14.0 Å². The molecule has 3 rings (SSSR count). The third kappa shape index (κ3) is 4.32. The van der Waals surface area contributed by atoms with Crippen molar-refractivity contribution >= 4 is 34.8 Å². The van der Waals surface area contributed by atoms with Gasteiger partial charge in [-0.3, -0.25) is 9.59 Å². The minimum Gasteiger partial charge on any atom is -0.494 e. The van der Waals surface area contributed by atoms with Crippen LogP contribution in [0.4, 0.5) is 15.8 Å². The molecule has 0 aromatic heterocycles. The monoisotopic (exact) mass is 376 g/mol. The number of amides is 2. The molecule has 2 unspecified atom stereocenters. The number of anilines is 2. The number of halogens is 2. The standard InChI is InChI=1S/C19H18ClFN2O3/c1-2-26-13-6-3-11(4-7-13)22-18(24)14-10-15(14)19(25)23-12-5-8-17(21)16(20)9-12/h3-9,14-15H,2,10H2,1H3,(H,22,24)(H,23,25). The van der Waals surface area contributed by atoms with E-state index in [1.54, 1.807) is 24.3 Å². The van der Waals surface area contributed by atoms with Gasteiger partial charge in [-0.25, -0.2) is 4.39 Å². The minimum atomic E-state index is -0.552. The lowest BCUT2D eigenvalue weighted by molar-refractivity contribution is -0.122. The largest absolute Gasteiger partial charge is 0.494 e. The molecule has 0 bridgehead atoms. The molecule has 2 amide bonds. The molecule has 2 atom stereocenters. The lowest BCUT2D eigenvalue weighted by Crippen LogP contribution is -2.20. The Balaban J connectivity index is 1.53. The number of hydrogen-bond acceptors (Lipinski definition) is 3. The Bertz CT molecular complexity index is 826. The van der Waals surface area contributed by atoms with E-state index in [1.165, 1.54) is 18.2 Å². The Hall–Kier alpha value is -2.60. The van der Waals surface area contributed by atoms with Gasteiger partial charge in [0.25, 0.3) is 0 Å². The summed E-state index contributed by atoms with van der Waals surface area (Å²) in [6.07, 6.45) is 0.476. The first-order valence-electron chi connectivity index (χ1n) is 8.27. The molecular formula is C19H18ClFN2O3. The van der Waals surface area contributed by atoms with Crippen LogP contribution in [-0.4, -0.2) is 18.4 Å². The summed E-state index contributed by atoms with van der Waals surface area (Å²) in [7, 11) is 0. The second-order valence-electron chi connectivity index (χ2n) is 6.01. The molecule has 2 N–H and O–H groups in total. The Kier molecular flexibility index (Phi) is 5.42. The van der Waals surface area contributed by atoms with E-state index < -0.39 is 11.7 Å². The van der Waals surface area contributed by atoms with Crippen LogP contribution in [0.1, 0.15) is 13.3 Å². The molecule has 2 aromatic rings. The van der Waals surface area contributed by atoms with Crippen LogP contribution in [-0.2, 0) is 9.59 Å². The maximum atomic E-state index is 13.1. The molecule has 0 spiro atoms. The van der Waals surface area contributed by atoms with Crippen LogP contribution in [0.3, 0.4) is 0 Å². The fraction of sp³-hybridized carbons (Fsp3) is 0.263. The van der Waals surface area contributed by atoms with Gasteiger partial charge in [0, 0.05) is 11.4 Å². The normalized spacial score (nSPS) is 18.1. The summed E-state index contributed by atoms with van der Waals surface area (Å²) in [5.74, 6) is -1.08. The van der Waals surface area contributed by atoms with Crippen LogP contribution in [0.15, 0.2) is 42.5 Å². The summed E-state index contributed by atoms with van der Waals surface area (Å²) in [5, 5.41) is 5.38. The zero-order valence-electron chi connectivity index (χ0n) is 14.1. The summed E-state index contributed by atoms with van der Waals surface area (Å²) in [6.45, 7) is 2.47. The van der Waals surface area contributed by atoms with Gasteiger partial charge in [0.15, 0.2) is 0 Å². The molecule has 0 heterocycles. The van der Waals surface area contributed by atoms with E-state index in [4.69, 9.17) is 16.3 Å². The van der Waals surface area contributed by atoms with Crippen LogP contribution in [0.2, 0.25) is 5.02 Å². The fourth-order valence-electron chi connectivity index (χ4n) is 2.62. The highest BCUT2D eigenvalue weighted by Crippen LogP contribution is 2.40. The predicted octanol–water partition coefficient (Wildman–Crippen LogP) is 4.09. The van der Waals surface area contributed by atoms with Crippen LogP contribution in [0.5, 0.6) is 5.75 Å². The van der Waals surface area contributed by atoms with Gasteiger partial charge >= 0.3 is 0 Å². The van der Waals surface area contributed by atoms with Gasteiger partial charge in [0.2, 0.25) is 11.8 Å². The lowest BCUT2D eigenvalue weighted by atomic mass is 10.2. The predicted molar refractivity (Wildman–Crippen MR) is 97.9 cm³/mol. The van der Waals surface area contributed by atoms with Crippen LogP contribution in [0, 0.1) is 17.7 Å². The molecule has 1 fully saturated rings. The van der Waals surface area contributed by atoms with E-state index >= 15 is 0 Å². The number of hydrogen-bond donors (Lipinski definition) is 2. The van der Waals surface area contributed by atoms with E-state index in [0.29, 0.717) is 24.4 Å². The smallest absolute Gasteiger partial charge is 0.228 e. The molecule has 0 saturated heterocycles. The van der Waals surface area contributed by atoms with Crippen molar-refractivity contribution in [3.05, 3.63) is 53.3 Å². The molecule has 5 nitrogen and oxygen atoms in total. The molecule has 1 saturated carbocycles. The van der Waals surface area contributed by atoms with Gasteiger partial charge in [-0.1, -0.05) is 11.6 Å². The Morgan fingerprint density at radius 2 is 1.65 bits per heavy atom. The van der Waals surface area contributed by atoms with Crippen LogP contribution >= 0.6 is 11.6 Å². The third-order valence-corrected chi connectivity index (χ3v) is 4.37. The first kappa shape index (κ1) is 18.2. The topological polar surface area (TPSA) is 67.4 Å². The van der Waals surface area contributed by atoms with Gasteiger partial charge in [0.05, 0.1) is 23.5 Å². The zero-order chi connectivity index (χ0) is 18.7. The van der Waals surface area contributed by atoms with Crippen molar-refractivity contribution in [3.63, 3.8) is 0 Å². The third-order valence-electron chi connectivity index (χ3n) is 4.08. The summed E-state index contributed by atoms with van der Waals surface area (Å²) in [6, 6.07) is 11.0. The fourth-order valence-corrected chi connectivity index (χ4v) is 2.80. The average molecular weight is 377 g/mol. The van der Waals surface area contributed by atoms with Crippen molar-refractivity contribution in [3.8, 4) is 5.75 Å². The van der Waals surface area contributed by atoms with Crippen molar-refractivity contribution in [2.24, 2.45) is 11.8 Å². The molecule has 0 radical (unpaired) electrons. The molecule has 2 aromatic carbocycles. The highest BCUT2D eigenvalue weighted by Gasteiger charge is 2.48. The summed E-state index contributed by atoms with van der Waals surface area (Å²) in [5.41, 5.74) is 1.05. The van der Waals surface area contributed by atoms with Crippen molar-refractivity contribution in [1.82, 2.24) is 0 Å². The van der Waals surface area contributed by atoms with Crippen molar-refractivity contribution in [1.29, 1.82) is 0 Å². The molecule has 1 aliphatic rings. The zero-order valence-corrected chi connectivity index (χ0v) is 14.8. The Morgan fingerprint density at radius 1 is 1.08 bits per heavy atom. The van der Waals surface area contributed by atoms with Crippen molar-refractivity contribution in [2.75, 3.05) is 17.2 Å². The Labute approximate surface area is 155 Å². The van der Waals surface area contributed by atoms with Gasteiger partial charge in [-0.05, 0) is 55.8 Å². The summed E-state index contributed by atoms with van der Waals surface area (Å²) >= 11 is 5.69. The molecular weight excluding hydrogens is 359 g/mol. The highest BCUT2D eigenvalue weighted by atomic mass is 35.5. The molecule has 26 heavy (non-hydrogen) atoms. The Morgan fingerprint density at radius 3 is 2.23 bits per heavy atom. The van der Waals surface area contributed by atoms with Gasteiger partial charge in [-0.2, -0.15) is 0 Å². The minimum absolute atomic E-state index is 0.0663. The number of nitrogens with one attached hydrogen (secondary N) is 2. The van der Waals surface area contributed by atoms with E-state index in [2.05, 4.69) is 10.6 Å². The number of rotatable bonds is 6. The number of benzene rings is 2. The molecule has 7 heteroatoms. The van der Waals surface area contributed by atoms with Gasteiger partial charge < -0.3 is 15.4 Å². The number of carbonyl (C=O) groups is 2. The summed E-state index contributed by atoms with van der Waals surface area (Å²) in [4.78, 5) is 24.5. The van der Waals surface area contributed by atoms with Crippen LogP contribution in [0.25, 0.3) is 0 Å². The number of ether oxygens (including phenoxy) is 1. The quantitative estimate of drug-likeness (QED) is 0.797. The SMILES string of the molecule is CCOc1ccc(NC(=O)C2CC2C(=O)Nc2ccc(F)c(Cl)c2)cc1. The van der Waals surface area contributed by atoms with Gasteiger partial charge in [0.1, 0.15) is 11.6 Å². The van der Waals surface area contributed by atoms with Crippen molar-refractivity contribution < 1.29 is 18.7 Å². The second kappa shape index (κ2) is 7.74. The molecule has 1 aliphatic carbocycles. The maximum Gasteiger partial charge on any atom is 0.228 e. The second-order valence-corrected chi connectivity index (χ2v) is 6.42. The number of carbonyl (C=O) groups excluding carboxylic acids is 2. The van der Waals surface area contributed by atoms with E-state index in [-0.39, 0.29) is 22.8 Å². The first-order valence-corrected chi connectivity index (χ1v) is 8.65. The lowest BCUT2D eigenvalue weighted by Gasteiger charge is -2.08. The van der Waals surface area contributed by atoms with Gasteiger partial charge in [-0.15, -0.1) is 0 Å². The van der Waals surface area contributed by atoms with Crippen molar-refractivity contribution in [2.45, 2.75) is 13.3 Å².